The molecule has 0 radical (unpaired) electrons. The van der Waals surface area contributed by atoms with Crippen molar-refractivity contribution in [2.75, 3.05) is 12.8 Å². The normalized spacial score (nSPS) is 23.0. The molecule has 0 saturated carbocycles. The number of hydrogen-bond donors (Lipinski definition) is 1. The Hall–Kier alpha value is -0.540. The summed E-state index contributed by atoms with van der Waals surface area (Å²) in [7, 11) is 2.06. The Morgan fingerprint density at radius 3 is 3.00 bits per heavy atom. The van der Waals surface area contributed by atoms with Gasteiger partial charge in [-0.15, -0.1) is 0 Å². The Morgan fingerprint density at radius 1 is 1.50 bits per heavy atom. The molecule has 3 heteroatoms. The minimum atomic E-state index is 0.457. The fraction of sp³-hybridized carbons (Fsp3) is 0.615. The molecule has 1 aliphatic rings. The highest BCUT2D eigenvalue weighted by Crippen LogP contribution is 2.35. The monoisotopic (exact) mass is 236 g/mol. The predicted octanol–water partition coefficient (Wildman–Crippen LogP) is 2.94. The number of thioether (sulfide) groups is 1. The van der Waals surface area contributed by atoms with Gasteiger partial charge in [0.05, 0.1) is 0 Å². The molecule has 0 bridgehead atoms. The molecule has 0 aromatic carbocycles. The zero-order chi connectivity index (χ0) is 11.4. The molecule has 2 rings (SSSR count). The fourth-order valence-electron chi connectivity index (χ4n) is 2.37. The summed E-state index contributed by atoms with van der Waals surface area (Å²) in [5.74, 6) is 1.31. The molecule has 16 heavy (non-hydrogen) atoms. The first kappa shape index (κ1) is 11.9. The topological polar surface area (TPSA) is 24.9 Å². The van der Waals surface area contributed by atoms with Gasteiger partial charge in [0, 0.05) is 23.7 Å². The number of rotatable bonds is 3. The summed E-state index contributed by atoms with van der Waals surface area (Å²) in [6.45, 7) is 2.18. The molecule has 1 N–H and O–H groups in total. The largest absolute Gasteiger partial charge is 0.312 e. The van der Waals surface area contributed by atoms with E-state index in [2.05, 4.69) is 42.1 Å². The molecule has 1 aromatic heterocycles. The third kappa shape index (κ3) is 2.58. The van der Waals surface area contributed by atoms with E-state index in [1.807, 2.05) is 12.4 Å². The maximum atomic E-state index is 4.26. The van der Waals surface area contributed by atoms with Crippen LogP contribution in [0.25, 0.3) is 0 Å². The lowest BCUT2D eigenvalue weighted by atomic mass is 9.98. The molecule has 2 atom stereocenters. The Labute approximate surface area is 102 Å². The van der Waals surface area contributed by atoms with Crippen LogP contribution in [0.3, 0.4) is 0 Å². The first-order valence-electron chi connectivity index (χ1n) is 6.02. The van der Waals surface area contributed by atoms with Gasteiger partial charge in [-0.1, -0.05) is 6.42 Å². The Balaban J connectivity index is 2.18. The van der Waals surface area contributed by atoms with Gasteiger partial charge in [0.15, 0.2) is 0 Å². The third-order valence-electron chi connectivity index (χ3n) is 3.31. The van der Waals surface area contributed by atoms with Gasteiger partial charge in [0.2, 0.25) is 0 Å². The molecular weight excluding hydrogens is 216 g/mol. The average Bonchev–Trinajstić information content (AvgIpc) is 2.34. The summed E-state index contributed by atoms with van der Waals surface area (Å²) in [5.41, 5.74) is 2.71. The smallest absolute Gasteiger partial charge is 0.0456 e. The zero-order valence-corrected chi connectivity index (χ0v) is 10.9. The standard InChI is InChI=1S/C13H20N2S/c1-10-6-7-15-9-11(10)13(14-2)12-5-3-4-8-16-12/h6-7,9,12-14H,3-5,8H2,1-2H3. The minimum absolute atomic E-state index is 0.457. The van der Waals surface area contributed by atoms with Crippen LogP contribution in [0.15, 0.2) is 18.5 Å². The van der Waals surface area contributed by atoms with Crippen LogP contribution in [0.1, 0.15) is 36.4 Å². The molecule has 2 unspecified atom stereocenters. The third-order valence-corrected chi connectivity index (χ3v) is 4.77. The molecule has 2 nitrogen and oxygen atoms in total. The van der Waals surface area contributed by atoms with Crippen LogP contribution in [0, 0.1) is 6.92 Å². The van der Waals surface area contributed by atoms with Gasteiger partial charge in [0.25, 0.3) is 0 Å². The van der Waals surface area contributed by atoms with Crippen molar-refractivity contribution in [3.63, 3.8) is 0 Å². The molecule has 1 fully saturated rings. The number of nitrogens with one attached hydrogen (secondary N) is 1. The lowest BCUT2D eigenvalue weighted by Gasteiger charge is -2.30. The van der Waals surface area contributed by atoms with Crippen LogP contribution in [-0.2, 0) is 0 Å². The van der Waals surface area contributed by atoms with Crippen molar-refractivity contribution in [3.8, 4) is 0 Å². The summed E-state index contributed by atoms with van der Waals surface area (Å²) < 4.78 is 0. The van der Waals surface area contributed by atoms with Crippen LogP contribution < -0.4 is 5.32 Å². The lowest BCUT2D eigenvalue weighted by Crippen LogP contribution is -2.30. The van der Waals surface area contributed by atoms with E-state index in [-0.39, 0.29) is 0 Å². The van der Waals surface area contributed by atoms with E-state index < -0.39 is 0 Å². The predicted molar refractivity (Wildman–Crippen MR) is 70.9 cm³/mol. The van der Waals surface area contributed by atoms with Crippen molar-refractivity contribution in [1.82, 2.24) is 10.3 Å². The molecule has 2 heterocycles. The van der Waals surface area contributed by atoms with Gasteiger partial charge < -0.3 is 5.32 Å². The van der Waals surface area contributed by atoms with Gasteiger partial charge in [0.1, 0.15) is 0 Å². The van der Waals surface area contributed by atoms with Crippen molar-refractivity contribution in [1.29, 1.82) is 0 Å². The van der Waals surface area contributed by atoms with E-state index in [0.29, 0.717) is 11.3 Å². The highest BCUT2D eigenvalue weighted by atomic mass is 32.2. The van der Waals surface area contributed by atoms with Crippen LogP contribution in [0.4, 0.5) is 0 Å². The summed E-state index contributed by atoms with van der Waals surface area (Å²) in [5, 5.41) is 4.18. The summed E-state index contributed by atoms with van der Waals surface area (Å²) in [6, 6.07) is 2.56. The highest BCUT2D eigenvalue weighted by Gasteiger charge is 2.25. The summed E-state index contributed by atoms with van der Waals surface area (Å²) in [4.78, 5) is 4.26. The second-order valence-electron chi connectivity index (χ2n) is 4.40. The number of aryl methyl sites for hydroxylation is 1. The quantitative estimate of drug-likeness (QED) is 0.873. The van der Waals surface area contributed by atoms with Crippen molar-refractivity contribution >= 4 is 11.8 Å². The van der Waals surface area contributed by atoms with Crippen molar-refractivity contribution in [3.05, 3.63) is 29.6 Å². The lowest BCUT2D eigenvalue weighted by molar-refractivity contribution is 0.513. The first-order chi connectivity index (χ1) is 7.83. The second-order valence-corrected chi connectivity index (χ2v) is 5.75. The van der Waals surface area contributed by atoms with E-state index in [0.717, 1.165) is 0 Å². The average molecular weight is 236 g/mol. The Bertz CT molecular complexity index is 334. The Morgan fingerprint density at radius 2 is 2.38 bits per heavy atom. The minimum Gasteiger partial charge on any atom is -0.312 e. The van der Waals surface area contributed by atoms with Crippen LogP contribution in [0.2, 0.25) is 0 Å². The molecule has 0 aliphatic carbocycles. The summed E-state index contributed by atoms with van der Waals surface area (Å²) >= 11 is 2.11. The maximum absolute atomic E-state index is 4.26. The maximum Gasteiger partial charge on any atom is 0.0456 e. The number of hydrogen-bond acceptors (Lipinski definition) is 3. The van der Waals surface area contributed by atoms with Crippen LogP contribution >= 0.6 is 11.8 Å². The first-order valence-corrected chi connectivity index (χ1v) is 7.07. The SMILES string of the molecule is CNC(c1cnccc1C)C1CCCCS1. The van der Waals surface area contributed by atoms with Gasteiger partial charge in [-0.2, -0.15) is 11.8 Å². The van der Waals surface area contributed by atoms with E-state index in [1.54, 1.807) is 0 Å². The summed E-state index contributed by atoms with van der Waals surface area (Å²) in [6.07, 6.45) is 7.97. The number of nitrogens with zero attached hydrogens (tertiary/aromatic N) is 1. The van der Waals surface area contributed by atoms with E-state index >= 15 is 0 Å². The number of pyridine rings is 1. The van der Waals surface area contributed by atoms with Crippen LogP contribution in [-0.4, -0.2) is 23.0 Å². The van der Waals surface area contributed by atoms with E-state index in [4.69, 9.17) is 0 Å². The molecule has 0 amide bonds. The van der Waals surface area contributed by atoms with Crippen molar-refractivity contribution in [2.24, 2.45) is 0 Å². The van der Waals surface area contributed by atoms with Gasteiger partial charge >= 0.3 is 0 Å². The fourth-order valence-corrected chi connectivity index (χ4v) is 3.85. The molecule has 1 saturated heterocycles. The van der Waals surface area contributed by atoms with Gasteiger partial charge in [-0.25, -0.2) is 0 Å². The van der Waals surface area contributed by atoms with E-state index in [9.17, 15) is 0 Å². The van der Waals surface area contributed by atoms with Crippen molar-refractivity contribution < 1.29 is 0 Å². The molecule has 1 aromatic rings. The van der Waals surface area contributed by atoms with Gasteiger partial charge in [-0.05, 0) is 49.8 Å². The molecule has 0 spiro atoms. The Kier molecular flexibility index (Phi) is 4.24. The van der Waals surface area contributed by atoms with Gasteiger partial charge in [-0.3, -0.25) is 4.98 Å². The zero-order valence-electron chi connectivity index (χ0n) is 10.1. The molecule has 88 valence electrons. The molecular formula is C13H20N2S. The molecule has 1 aliphatic heterocycles. The van der Waals surface area contributed by atoms with E-state index in [1.165, 1.54) is 36.1 Å². The van der Waals surface area contributed by atoms with Crippen LogP contribution in [0.5, 0.6) is 0 Å². The highest BCUT2D eigenvalue weighted by molar-refractivity contribution is 8.00. The second kappa shape index (κ2) is 5.69. The van der Waals surface area contributed by atoms with Crippen molar-refractivity contribution in [2.45, 2.75) is 37.5 Å². The number of aromatic nitrogens is 1.